The lowest BCUT2D eigenvalue weighted by Gasteiger charge is -2.36. The molecule has 1 saturated heterocycles. The summed E-state index contributed by atoms with van der Waals surface area (Å²) in [5.41, 5.74) is 1.50. The molecular weight excluding hydrogens is 336 g/mol. The molecule has 2 rings (SSSR count). The Hall–Kier alpha value is -1.40. The number of benzene rings is 1. The summed E-state index contributed by atoms with van der Waals surface area (Å²) in [6, 6.07) is 5.21. The fourth-order valence-corrected chi connectivity index (χ4v) is 2.76. The first-order chi connectivity index (χ1) is 10.0. The average molecular weight is 355 g/mol. The lowest BCUT2D eigenvalue weighted by atomic mass is 10.1. The molecule has 0 aromatic heterocycles. The zero-order valence-electron chi connectivity index (χ0n) is 12.1. The van der Waals surface area contributed by atoms with Gasteiger partial charge in [0, 0.05) is 28.3 Å². The highest BCUT2D eigenvalue weighted by Crippen LogP contribution is 2.26. The van der Waals surface area contributed by atoms with E-state index in [1.54, 1.807) is 6.07 Å². The van der Waals surface area contributed by atoms with Crippen molar-refractivity contribution in [3.05, 3.63) is 28.2 Å². The number of nitrogens with zero attached hydrogens (tertiary/aromatic N) is 1. The average Bonchev–Trinajstić information content (AvgIpc) is 2.46. The highest BCUT2D eigenvalue weighted by molar-refractivity contribution is 9.10. The zero-order valence-corrected chi connectivity index (χ0v) is 13.7. The maximum absolute atomic E-state index is 12.3. The van der Waals surface area contributed by atoms with Crippen molar-refractivity contribution >= 4 is 33.8 Å². The summed E-state index contributed by atoms with van der Waals surface area (Å²) in [5.74, 6) is -0.0414. The minimum Gasteiger partial charge on any atom is -0.377 e. The second-order valence-electron chi connectivity index (χ2n) is 5.27. The van der Waals surface area contributed by atoms with Crippen molar-refractivity contribution in [1.82, 2.24) is 5.32 Å². The topological polar surface area (TPSA) is 58.6 Å². The van der Waals surface area contributed by atoms with Gasteiger partial charge < -0.3 is 15.0 Å². The normalized spacial score (nSPS) is 18.7. The van der Waals surface area contributed by atoms with E-state index in [0.717, 1.165) is 16.4 Å². The van der Waals surface area contributed by atoms with Gasteiger partial charge in [-0.25, -0.2) is 0 Å². The SMILES string of the molecule is CC(C)NC(=O)C1COCCN1c1ccc(C=O)c(Br)c1. The third-order valence-corrected chi connectivity index (χ3v) is 3.99. The third-order valence-electron chi connectivity index (χ3n) is 3.30. The molecule has 0 aliphatic carbocycles. The van der Waals surface area contributed by atoms with Crippen LogP contribution >= 0.6 is 15.9 Å². The third kappa shape index (κ3) is 3.83. The standard InChI is InChI=1S/C15H19BrN2O3/c1-10(2)17-15(20)14-9-21-6-5-18(14)12-4-3-11(8-19)13(16)7-12/h3-4,7-8,10,14H,5-6,9H2,1-2H3,(H,17,20). The molecule has 0 radical (unpaired) electrons. The molecule has 1 N–H and O–H groups in total. The summed E-state index contributed by atoms with van der Waals surface area (Å²) in [5, 5.41) is 2.92. The first-order valence-corrected chi connectivity index (χ1v) is 7.71. The number of anilines is 1. The summed E-state index contributed by atoms with van der Waals surface area (Å²) < 4.78 is 6.17. The molecule has 1 amide bonds. The maximum Gasteiger partial charge on any atom is 0.245 e. The molecule has 21 heavy (non-hydrogen) atoms. The van der Waals surface area contributed by atoms with Crippen LogP contribution in [0.25, 0.3) is 0 Å². The van der Waals surface area contributed by atoms with E-state index in [1.807, 2.05) is 30.9 Å². The fourth-order valence-electron chi connectivity index (χ4n) is 2.30. The summed E-state index contributed by atoms with van der Waals surface area (Å²) in [6.45, 7) is 5.45. The quantitative estimate of drug-likeness (QED) is 0.840. The molecule has 1 aromatic carbocycles. The van der Waals surface area contributed by atoms with E-state index in [4.69, 9.17) is 4.74 Å². The number of carbonyl (C=O) groups excluding carboxylic acids is 2. The van der Waals surface area contributed by atoms with E-state index in [2.05, 4.69) is 21.2 Å². The zero-order chi connectivity index (χ0) is 15.4. The predicted molar refractivity (Wildman–Crippen MR) is 84.8 cm³/mol. The number of halogens is 1. The minimum absolute atomic E-state index is 0.0414. The van der Waals surface area contributed by atoms with Crippen molar-refractivity contribution in [1.29, 1.82) is 0 Å². The maximum atomic E-state index is 12.3. The van der Waals surface area contributed by atoms with Crippen molar-refractivity contribution < 1.29 is 14.3 Å². The van der Waals surface area contributed by atoms with Gasteiger partial charge in [-0.3, -0.25) is 9.59 Å². The highest BCUT2D eigenvalue weighted by Gasteiger charge is 2.30. The summed E-state index contributed by atoms with van der Waals surface area (Å²) in [7, 11) is 0. The number of ether oxygens (including phenoxy) is 1. The second kappa shape index (κ2) is 7.04. The largest absolute Gasteiger partial charge is 0.377 e. The van der Waals surface area contributed by atoms with Crippen LogP contribution in [0.5, 0.6) is 0 Å². The summed E-state index contributed by atoms with van der Waals surface area (Å²) >= 11 is 3.38. The van der Waals surface area contributed by atoms with Gasteiger partial charge in [0.15, 0.2) is 6.29 Å². The van der Waals surface area contributed by atoms with Crippen LogP contribution in [-0.2, 0) is 9.53 Å². The highest BCUT2D eigenvalue weighted by atomic mass is 79.9. The Morgan fingerprint density at radius 1 is 1.52 bits per heavy atom. The van der Waals surface area contributed by atoms with Crippen molar-refractivity contribution in [2.24, 2.45) is 0 Å². The number of rotatable bonds is 4. The molecule has 1 atom stereocenters. The minimum atomic E-state index is -0.352. The number of hydrogen-bond donors (Lipinski definition) is 1. The second-order valence-corrected chi connectivity index (χ2v) is 6.13. The van der Waals surface area contributed by atoms with Gasteiger partial charge in [0.1, 0.15) is 6.04 Å². The number of morpholine rings is 1. The monoisotopic (exact) mass is 354 g/mol. The molecule has 5 nitrogen and oxygen atoms in total. The van der Waals surface area contributed by atoms with Crippen LogP contribution in [0, 0.1) is 0 Å². The van der Waals surface area contributed by atoms with E-state index >= 15 is 0 Å². The molecule has 1 aliphatic rings. The van der Waals surface area contributed by atoms with Crippen LogP contribution in [-0.4, -0.2) is 44.0 Å². The van der Waals surface area contributed by atoms with Crippen molar-refractivity contribution in [2.75, 3.05) is 24.7 Å². The van der Waals surface area contributed by atoms with Gasteiger partial charge in [-0.15, -0.1) is 0 Å². The Morgan fingerprint density at radius 2 is 2.29 bits per heavy atom. The first kappa shape index (κ1) is 16.0. The van der Waals surface area contributed by atoms with Gasteiger partial charge in [0.05, 0.1) is 13.2 Å². The fraction of sp³-hybridized carbons (Fsp3) is 0.467. The van der Waals surface area contributed by atoms with Crippen LogP contribution in [0.15, 0.2) is 22.7 Å². The van der Waals surface area contributed by atoms with Crippen LogP contribution < -0.4 is 10.2 Å². The molecule has 1 fully saturated rings. The molecule has 0 spiro atoms. The van der Waals surface area contributed by atoms with E-state index in [-0.39, 0.29) is 18.0 Å². The molecule has 6 heteroatoms. The predicted octanol–water partition coefficient (Wildman–Crippen LogP) is 1.99. The smallest absolute Gasteiger partial charge is 0.245 e. The van der Waals surface area contributed by atoms with Gasteiger partial charge in [-0.05, 0) is 48.0 Å². The Kier molecular flexibility index (Phi) is 5.36. The number of nitrogens with one attached hydrogen (secondary N) is 1. The summed E-state index contributed by atoms with van der Waals surface area (Å²) in [4.78, 5) is 25.2. The number of aldehydes is 1. The van der Waals surface area contributed by atoms with E-state index < -0.39 is 0 Å². The van der Waals surface area contributed by atoms with Crippen molar-refractivity contribution in [3.8, 4) is 0 Å². The van der Waals surface area contributed by atoms with Gasteiger partial charge in [-0.2, -0.15) is 0 Å². The summed E-state index contributed by atoms with van der Waals surface area (Å²) in [6.07, 6.45) is 0.802. The van der Waals surface area contributed by atoms with E-state index in [0.29, 0.717) is 25.3 Å². The molecule has 1 aliphatic heterocycles. The molecular formula is C15H19BrN2O3. The molecule has 114 valence electrons. The van der Waals surface area contributed by atoms with Gasteiger partial charge in [-0.1, -0.05) is 0 Å². The van der Waals surface area contributed by atoms with Gasteiger partial charge in [0.2, 0.25) is 5.91 Å². The van der Waals surface area contributed by atoms with Crippen LogP contribution in [0.3, 0.4) is 0 Å². The van der Waals surface area contributed by atoms with Crippen LogP contribution in [0.4, 0.5) is 5.69 Å². The van der Waals surface area contributed by atoms with Crippen molar-refractivity contribution in [3.63, 3.8) is 0 Å². The Balaban J connectivity index is 2.24. The molecule has 0 bridgehead atoms. The Morgan fingerprint density at radius 3 is 2.90 bits per heavy atom. The van der Waals surface area contributed by atoms with Gasteiger partial charge in [0.25, 0.3) is 0 Å². The molecule has 1 heterocycles. The number of hydrogen-bond acceptors (Lipinski definition) is 4. The first-order valence-electron chi connectivity index (χ1n) is 6.92. The molecule has 0 saturated carbocycles. The van der Waals surface area contributed by atoms with Gasteiger partial charge >= 0.3 is 0 Å². The Labute approximate surface area is 132 Å². The lowest BCUT2D eigenvalue weighted by Crippen LogP contribution is -2.55. The number of carbonyl (C=O) groups is 2. The van der Waals surface area contributed by atoms with Crippen LogP contribution in [0.2, 0.25) is 0 Å². The van der Waals surface area contributed by atoms with Crippen LogP contribution in [0.1, 0.15) is 24.2 Å². The molecule has 1 unspecified atom stereocenters. The molecule has 1 aromatic rings. The Bertz CT molecular complexity index is 534. The van der Waals surface area contributed by atoms with Crippen molar-refractivity contribution in [2.45, 2.75) is 25.9 Å². The number of amides is 1. The van der Waals surface area contributed by atoms with E-state index in [1.165, 1.54) is 0 Å². The van der Waals surface area contributed by atoms with E-state index in [9.17, 15) is 9.59 Å². The lowest BCUT2D eigenvalue weighted by molar-refractivity contribution is -0.125.